The quantitative estimate of drug-likeness (QED) is 0.329. The number of aryl methyl sites for hydroxylation is 1. The molecule has 1 aromatic carbocycles. The summed E-state index contributed by atoms with van der Waals surface area (Å²) in [6.45, 7) is 5.58. The van der Waals surface area contributed by atoms with Crippen molar-refractivity contribution >= 4 is 29.9 Å². The molecule has 7 nitrogen and oxygen atoms in total. The van der Waals surface area contributed by atoms with Crippen LogP contribution in [0.15, 0.2) is 60.4 Å². The molecular weight excluding hydrogens is 477 g/mol. The molecule has 1 fully saturated rings. The first-order chi connectivity index (χ1) is 13.7. The Bertz CT molecular complexity index is 932. The number of aromatic nitrogens is 4. The van der Waals surface area contributed by atoms with E-state index in [1.54, 1.807) is 6.20 Å². The van der Waals surface area contributed by atoms with Crippen molar-refractivity contribution in [3.8, 4) is 5.69 Å². The van der Waals surface area contributed by atoms with Crippen molar-refractivity contribution in [2.45, 2.75) is 25.8 Å². The average molecular weight is 505 g/mol. The van der Waals surface area contributed by atoms with Crippen LogP contribution in [0.4, 0.5) is 0 Å². The Labute approximate surface area is 188 Å². The summed E-state index contributed by atoms with van der Waals surface area (Å²) in [6, 6.07) is 8.35. The third kappa shape index (κ3) is 4.98. The molecule has 1 atom stereocenters. The fraction of sp³-hybridized carbons (Fsp3) is 0.381. The number of para-hydroxylation sites is 1. The van der Waals surface area contributed by atoms with Crippen molar-refractivity contribution in [3.63, 3.8) is 0 Å². The van der Waals surface area contributed by atoms with Crippen LogP contribution in [0.25, 0.3) is 5.69 Å². The predicted octanol–water partition coefficient (Wildman–Crippen LogP) is 3.18. The van der Waals surface area contributed by atoms with E-state index in [-0.39, 0.29) is 24.0 Å². The van der Waals surface area contributed by atoms with E-state index < -0.39 is 0 Å². The summed E-state index contributed by atoms with van der Waals surface area (Å²) < 4.78 is 3.91. The highest BCUT2D eigenvalue weighted by Crippen LogP contribution is 2.27. The molecular formula is C21H28IN7. The molecule has 0 spiro atoms. The van der Waals surface area contributed by atoms with E-state index in [1.165, 1.54) is 11.1 Å². The molecule has 3 heterocycles. The molecule has 1 saturated heterocycles. The molecule has 1 unspecified atom stereocenters. The average Bonchev–Trinajstić information content (AvgIpc) is 3.46. The zero-order chi connectivity index (χ0) is 19.3. The minimum atomic E-state index is 0. The van der Waals surface area contributed by atoms with Gasteiger partial charge in [0.15, 0.2) is 5.96 Å². The number of benzene rings is 1. The van der Waals surface area contributed by atoms with E-state index in [0.29, 0.717) is 12.5 Å². The number of nitrogens with one attached hydrogen (secondary N) is 1. The van der Waals surface area contributed by atoms with E-state index in [1.807, 2.05) is 41.1 Å². The van der Waals surface area contributed by atoms with E-state index in [0.717, 1.165) is 37.7 Å². The van der Waals surface area contributed by atoms with Crippen LogP contribution < -0.4 is 5.32 Å². The van der Waals surface area contributed by atoms with Crippen LogP contribution in [0, 0.1) is 0 Å². The highest BCUT2D eigenvalue weighted by atomic mass is 127. The number of likely N-dealkylation sites (tertiary alicyclic amines) is 1. The second-order valence-electron chi connectivity index (χ2n) is 7.15. The van der Waals surface area contributed by atoms with Crippen LogP contribution >= 0.6 is 24.0 Å². The number of aliphatic imine (C=N–C) groups is 1. The molecule has 0 amide bonds. The number of hydrogen-bond donors (Lipinski definition) is 1. The largest absolute Gasteiger partial charge is 0.357 e. The maximum absolute atomic E-state index is 4.95. The monoisotopic (exact) mass is 505 g/mol. The van der Waals surface area contributed by atoms with Crippen LogP contribution in [0.5, 0.6) is 0 Å². The third-order valence-electron chi connectivity index (χ3n) is 5.19. The molecule has 0 radical (unpaired) electrons. The van der Waals surface area contributed by atoms with E-state index in [4.69, 9.17) is 4.99 Å². The molecule has 1 aliphatic rings. The molecule has 0 bridgehead atoms. The first-order valence-corrected chi connectivity index (χ1v) is 9.82. The molecule has 0 saturated carbocycles. The first-order valence-electron chi connectivity index (χ1n) is 9.82. The third-order valence-corrected chi connectivity index (χ3v) is 5.19. The second-order valence-corrected chi connectivity index (χ2v) is 7.15. The maximum atomic E-state index is 4.95. The minimum absolute atomic E-state index is 0. The number of hydrogen-bond acceptors (Lipinski definition) is 3. The Morgan fingerprint density at radius 1 is 1.31 bits per heavy atom. The highest BCUT2D eigenvalue weighted by Gasteiger charge is 2.26. The van der Waals surface area contributed by atoms with E-state index in [2.05, 4.69) is 51.6 Å². The standard InChI is InChI=1S/C21H27N7.HI/c1-3-23-21(27-10-8-18(15-27)19-13-25-26(2)14-19)24-12-17-6-4-5-7-20(17)28-11-9-22-16-28;/h4-7,9,11,13-14,16,18H,3,8,10,12,15H2,1-2H3,(H,23,24);1H. The molecule has 0 aliphatic carbocycles. The van der Waals surface area contributed by atoms with Gasteiger partial charge in [-0.05, 0) is 30.5 Å². The summed E-state index contributed by atoms with van der Waals surface area (Å²) >= 11 is 0. The number of guanidine groups is 1. The van der Waals surface area contributed by atoms with Crippen molar-refractivity contribution < 1.29 is 0 Å². The zero-order valence-electron chi connectivity index (χ0n) is 16.9. The fourth-order valence-corrected chi connectivity index (χ4v) is 3.76. The minimum Gasteiger partial charge on any atom is -0.357 e. The van der Waals surface area contributed by atoms with Crippen molar-refractivity contribution in [3.05, 3.63) is 66.5 Å². The van der Waals surface area contributed by atoms with Gasteiger partial charge in [-0.25, -0.2) is 9.98 Å². The summed E-state index contributed by atoms with van der Waals surface area (Å²) in [5.74, 6) is 1.49. The Hall–Kier alpha value is -2.36. The molecule has 1 aliphatic heterocycles. The van der Waals surface area contributed by atoms with Gasteiger partial charge in [0, 0.05) is 51.2 Å². The molecule has 1 N–H and O–H groups in total. The summed E-state index contributed by atoms with van der Waals surface area (Å²) in [4.78, 5) is 11.5. The van der Waals surface area contributed by atoms with Gasteiger partial charge in [0.2, 0.25) is 0 Å². The summed E-state index contributed by atoms with van der Waals surface area (Å²) in [5.41, 5.74) is 3.61. The number of imidazole rings is 1. The summed E-state index contributed by atoms with van der Waals surface area (Å²) in [7, 11) is 1.97. The highest BCUT2D eigenvalue weighted by molar-refractivity contribution is 14.0. The van der Waals surface area contributed by atoms with Gasteiger partial charge in [-0.2, -0.15) is 5.10 Å². The van der Waals surface area contributed by atoms with Crippen LogP contribution in [0.1, 0.15) is 30.4 Å². The van der Waals surface area contributed by atoms with Crippen LogP contribution in [-0.2, 0) is 13.6 Å². The van der Waals surface area contributed by atoms with Gasteiger partial charge in [0.05, 0.1) is 24.8 Å². The fourth-order valence-electron chi connectivity index (χ4n) is 3.76. The zero-order valence-corrected chi connectivity index (χ0v) is 19.2. The summed E-state index contributed by atoms with van der Waals surface area (Å²) in [5, 5.41) is 7.78. The predicted molar refractivity (Wildman–Crippen MR) is 126 cm³/mol. The van der Waals surface area contributed by atoms with Gasteiger partial charge in [-0.3, -0.25) is 4.68 Å². The maximum Gasteiger partial charge on any atom is 0.194 e. The normalized spacial score (nSPS) is 16.7. The molecule has 2 aromatic heterocycles. The lowest BCUT2D eigenvalue weighted by atomic mass is 10.0. The smallest absolute Gasteiger partial charge is 0.194 e. The lowest BCUT2D eigenvalue weighted by Crippen LogP contribution is -2.40. The molecule has 4 rings (SSSR count). The molecule has 3 aromatic rings. The topological polar surface area (TPSA) is 63.3 Å². The van der Waals surface area contributed by atoms with Gasteiger partial charge in [-0.1, -0.05) is 18.2 Å². The molecule has 154 valence electrons. The van der Waals surface area contributed by atoms with Crippen LogP contribution in [0.2, 0.25) is 0 Å². The van der Waals surface area contributed by atoms with Crippen molar-refractivity contribution in [2.75, 3.05) is 19.6 Å². The lowest BCUT2D eigenvalue weighted by Gasteiger charge is -2.22. The van der Waals surface area contributed by atoms with Gasteiger partial charge >= 0.3 is 0 Å². The van der Waals surface area contributed by atoms with Crippen molar-refractivity contribution in [1.29, 1.82) is 0 Å². The molecule has 29 heavy (non-hydrogen) atoms. The van der Waals surface area contributed by atoms with Crippen LogP contribution in [0.3, 0.4) is 0 Å². The Balaban J connectivity index is 0.00000240. The SMILES string of the molecule is CCNC(=NCc1ccccc1-n1ccnc1)N1CCC(c2cnn(C)c2)C1.I. The summed E-state index contributed by atoms with van der Waals surface area (Å²) in [6.07, 6.45) is 10.8. The number of halogens is 1. The Kier molecular flexibility index (Phi) is 7.29. The van der Waals surface area contributed by atoms with Gasteiger partial charge in [0.1, 0.15) is 0 Å². The second kappa shape index (κ2) is 9.91. The lowest BCUT2D eigenvalue weighted by molar-refractivity contribution is 0.486. The van der Waals surface area contributed by atoms with Gasteiger partial charge in [-0.15, -0.1) is 24.0 Å². The van der Waals surface area contributed by atoms with E-state index in [9.17, 15) is 0 Å². The number of nitrogens with zero attached hydrogens (tertiary/aromatic N) is 6. The van der Waals surface area contributed by atoms with E-state index >= 15 is 0 Å². The van der Waals surface area contributed by atoms with Gasteiger partial charge in [0.25, 0.3) is 0 Å². The molecule has 8 heteroatoms. The van der Waals surface area contributed by atoms with Crippen LogP contribution in [-0.4, -0.2) is 49.8 Å². The number of rotatable bonds is 5. The Morgan fingerprint density at radius 3 is 2.90 bits per heavy atom. The Morgan fingerprint density at radius 2 is 2.17 bits per heavy atom. The van der Waals surface area contributed by atoms with Crippen molar-refractivity contribution in [2.24, 2.45) is 12.0 Å². The van der Waals surface area contributed by atoms with Gasteiger partial charge < -0.3 is 14.8 Å². The van der Waals surface area contributed by atoms with Crippen molar-refractivity contribution in [1.82, 2.24) is 29.5 Å². The first kappa shape index (κ1) is 21.4.